The summed E-state index contributed by atoms with van der Waals surface area (Å²) < 4.78 is 30.5. The SMILES string of the molecule is CCN(CC)S(=O)(=O)c1ccc(N/C=C(/C#N)C(=O)OC)cc1. The standard InChI is InChI=1S/C15H19N3O4S/c1-4-18(5-2)23(20,21)14-8-6-13(7-9-14)17-11-12(10-16)15(19)22-3/h6-9,11,17H,4-5H2,1-3H3/b12-11-. The second-order valence-corrected chi connectivity index (χ2v) is 6.36. The highest BCUT2D eigenvalue weighted by Gasteiger charge is 2.21. The third-order valence-electron chi connectivity index (χ3n) is 3.11. The van der Waals surface area contributed by atoms with Gasteiger partial charge in [0.25, 0.3) is 0 Å². The molecule has 1 aromatic carbocycles. The lowest BCUT2D eigenvalue weighted by Crippen LogP contribution is -2.30. The molecule has 124 valence electrons. The molecule has 0 atom stereocenters. The highest BCUT2D eigenvalue weighted by atomic mass is 32.2. The van der Waals surface area contributed by atoms with Crippen molar-refractivity contribution in [2.75, 3.05) is 25.5 Å². The third kappa shape index (κ3) is 4.55. The summed E-state index contributed by atoms with van der Waals surface area (Å²) in [6.07, 6.45) is 1.21. The fraction of sp³-hybridized carbons (Fsp3) is 0.333. The van der Waals surface area contributed by atoms with Crippen molar-refractivity contribution >= 4 is 21.7 Å². The van der Waals surface area contributed by atoms with E-state index < -0.39 is 16.0 Å². The molecule has 8 heteroatoms. The number of ether oxygens (including phenoxy) is 1. The molecule has 0 aromatic heterocycles. The van der Waals surface area contributed by atoms with E-state index in [9.17, 15) is 13.2 Å². The number of nitrogens with one attached hydrogen (secondary N) is 1. The number of nitriles is 1. The summed E-state index contributed by atoms with van der Waals surface area (Å²) in [4.78, 5) is 11.4. The topological polar surface area (TPSA) is 99.5 Å². The van der Waals surface area contributed by atoms with Crippen LogP contribution in [0.4, 0.5) is 5.69 Å². The molecule has 0 saturated carbocycles. The van der Waals surface area contributed by atoms with Crippen LogP contribution < -0.4 is 5.32 Å². The van der Waals surface area contributed by atoms with Crippen molar-refractivity contribution in [3.63, 3.8) is 0 Å². The van der Waals surface area contributed by atoms with Gasteiger partial charge in [0.2, 0.25) is 10.0 Å². The quantitative estimate of drug-likeness (QED) is 0.462. The number of rotatable bonds is 7. The fourth-order valence-electron chi connectivity index (χ4n) is 1.84. The molecule has 0 aliphatic rings. The highest BCUT2D eigenvalue weighted by molar-refractivity contribution is 7.89. The Morgan fingerprint density at radius 1 is 1.30 bits per heavy atom. The van der Waals surface area contributed by atoms with E-state index >= 15 is 0 Å². The van der Waals surface area contributed by atoms with Crippen LogP contribution in [0.15, 0.2) is 40.9 Å². The molecule has 0 bridgehead atoms. The predicted octanol–water partition coefficient (Wildman–Crippen LogP) is 1.71. The Labute approximate surface area is 136 Å². The molecule has 23 heavy (non-hydrogen) atoms. The average Bonchev–Trinajstić information content (AvgIpc) is 2.56. The number of methoxy groups -OCH3 is 1. The minimum atomic E-state index is -3.51. The van der Waals surface area contributed by atoms with Crippen molar-refractivity contribution in [2.45, 2.75) is 18.7 Å². The Morgan fingerprint density at radius 3 is 2.30 bits per heavy atom. The molecule has 0 amide bonds. The van der Waals surface area contributed by atoms with Gasteiger partial charge in [0.15, 0.2) is 5.57 Å². The van der Waals surface area contributed by atoms with Crippen LogP contribution in [0, 0.1) is 11.3 Å². The minimum Gasteiger partial charge on any atom is -0.465 e. The van der Waals surface area contributed by atoms with E-state index in [0.717, 1.165) is 0 Å². The van der Waals surface area contributed by atoms with Crippen LogP contribution in [-0.2, 0) is 19.6 Å². The summed E-state index contributed by atoms with van der Waals surface area (Å²) >= 11 is 0. The molecule has 1 rings (SSSR count). The van der Waals surface area contributed by atoms with Gasteiger partial charge in [-0.1, -0.05) is 13.8 Å². The maximum Gasteiger partial charge on any atom is 0.350 e. The van der Waals surface area contributed by atoms with Crippen LogP contribution in [-0.4, -0.2) is 38.9 Å². The summed E-state index contributed by atoms with van der Waals surface area (Å²) in [5, 5.41) is 11.6. The Balaban J connectivity index is 2.96. The number of carbonyl (C=O) groups excluding carboxylic acids is 1. The number of carbonyl (C=O) groups is 1. The second-order valence-electron chi connectivity index (χ2n) is 4.42. The summed E-state index contributed by atoms with van der Waals surface area (Å²) in [6, 6.07) is 7.75. The number of hydrogen-bond acceptors (Lipinski definition) is 6. The van der Waals surface area contributed by atoms with Crippen molar-refractivity contribution in [1.29, 1.82) is 5.26 Å². The van der Waals surface area contributed by atoms with Crippen molar-refractivity contribution in [3.05, 3.63) is 36.0 Å². The van der Waals surface area contributed by atoms with Gasteiger partial charge in [-0.3, -0.25) is 0 Å². The Hall–Kier alpha value is -2.37. The number of anilines is 1. The Bertz CT molecular complexity index is 714. The number of hydrogen-bond donors (Lipinski definition) is 1. The van der Waals surface area contributed by atoms with E-state index in [1.54, 1.807) is 32.0 Å². The lowest BCUT2D eigenvalue weighted by molar-refractivity contribution is -0.135. The van der Waals surface area contributed by atoms with Gasteiger partial charge in [-0.25, -0.2) is 13.2 Å². The molecule has 7 nitrogen and oxygen atoms in total. The Kier molecular flexibility index (Phi) is 6.75. The summed E-state index contributed by atoms with van der Waals surface area (Å²) in [5.74, 6) is -0.749. The molecule has 0 heterocycles. The van der Waals surface area contributed by atoms with Crippen LogP contribution in [0.3, 0.4) is 0 Å². The maximum atomic E-state index is 12.3. The maximum absolute atomic E-state index is 12.3. The van der Waals surface area contributed by atoms with E-state index in [0.29, 0.717) is 18.8 Å². The molecule has 0 unspecified atom stereocenters. The molecule has 0 spiro atoms. The van der Waals surface area contributed by atoms with E-state index in [1.807, 2.05) is 0 Å². The van der Waals surface area contributed by atoms with Gasteiger partial charge in [-0.05, 0) is 24.3 Å². The smallest absolute Gasteiger partial charge is 0.350 e. The van der Waals surface area contributed by atoms with E-state index in [-0.39, 0.29) is 10.5 Å². The summed E-state index contributed by atoms with van der Waals surface area (Å²) in [6.45, 7) is 4.34. The number of esters is 1. The normalized spacial score (nSPS) is 11.9. The van der Waals surface area contributed by atoms with Gasteiger partial charge in [-0.15, -0.1) is 0 Å². The van der Waals surface area contributed by atoms with Gasteiger partial charge in [0.05, 0.1) is 12.0 Å². The van der Waals surface area contributed by atoms with Gasteiger partial charge >= 0.3 is 5.97 Å². The number of benzene rings is 1. The molecular formula is C15H19N3O4S. The van der Waals surface area contributed by atoms with Crippen LogP contribution >= 0.6 is 0 Å². The second kappa shape index (κ2) is 8.31. The van der Waals surface area contributed by atoms with Crippen molar-refractivity contribution < 1.29 is 17.9 Å². The highest BCUT2D eigenvalue weighted by Crippen LogP contribution is 2.18. The molecule has 1 aromatic rings. The summed E-state index contributed by atoms with van der Waals surface area (Å²) in [7, 11) is -2.33. The zero-order valence-electron chi connectivity index (χ0n) is 13.2. The van der Waals surface area contributed by atoms with Crippen LogP contribution in [0.5, 0.6) is 0 Å². The first-order chi connectivity index (χ1) is 10.9. The van der Waals surface area contributed by atoms with Crippen LogP contribution in [0.25, 0.3) is 0 Å². The van der Waals surface area contributed by atoms with Crippen molar-refractivity contribution in [2.24, 2.45) is 0 Å². The third-order valence-corrected chi connectivity index (χ3v) is 5.17. The minimum absolute atomic E-state index is 0.184. The molecule has 0 fully saturated rings. The monoisotopic (exact) mass is 337 g/mol. The molecule has 0 radical (unpaired) electrons. The van der Waals surface area contributed by atoms with Gasteiger partial charge in [0, 0.05) is 25.0 Å². The molecule has 0 saturated heterocycles. The van der Waals surface area contributed by atoms with E-state index in [2.05, 4.69) is 10.1 Å². The molecule has 1 N–H and O–H groups in total. The van der Waals surface area contributed by atoms with Gasteiger partial charge in [0.1, 0.15) is 6.07 Å². The molecule has 0 aliphatic heterocycles. The predicted molar refractivity (Wildman–Crippen MR) is 85.9 cm³/mol. The first-order valence-electron chi connectivity index (χ1n) is 6.96. The fourth-order valence-corrected chi connectivity index (χ4v) is 3.30. The lowest BCUT2D eigenvalue weighted by Gasteiger charge is -2.18. The molecule has 0 aliphatic carbocycles. The van der Waals surface area contributed by atoms with E-state index in [1.165, 1.54) is 29.7 Å². The zero-order chi connectivity index (χ0) is 17.5. The lowest BCUT2D eigenvalue weighted by atomic mass is 10.3. The largest absolute Gasteiger partial charge is 0.465 e. The summed E-state index contributed by atoms with van der Waals surface area (Å²) in [5.41, 5.74) is 0.354. The Morgan fingerprint density at radius 2 is 1.87 bits per heavy atom. The van der Waals surface area contributed by atoms with E-state index in [4.69, 9.17) is 5.26 Å². The zero-order valence-corrected chi connectivity index (χ0v) is 14.1. The van der Waals surface area contributed by atoms with Gasteiger partial charge in [-0.2, -0.15) is 9.57 Å². The first kappa shape index (κ1) is 18.7. The van der Waals surface area contributed by atoms with Crippen molar-refractivity contribution in [3.8, 4) is 6.07 Å². The average molecular weight is 337 g/mol. The molecular weight excluding hydrogens is 318 g/mol. The number of sulfonamides is 1. The number of nitrogens with zero attached hydrogens (tertiary/aromatic N) is 2. The van der Waals surface area contributed by atoms with Crippen molar-refractivity contribution in [1.82, 2.24) is 4.31 Å². The van der Waals surface area contributed by atoms with Gasteiger partial charge < -0.3 is 10.1 Å². The first-order valence-corrected chi connectivity index (χ1v) is 8.40. The van der Waals surface area contributed by atoms with Crippen LogP contribution in [0.1, 0.15) is 13.8 Å². The van der Waals surface area contributed by atoms with Crippen LogP contribution in [0.2, 0.25) is 0 Å².